The van der Waals surface area contributed by atoms with Gasteiger partial charge in [0.05, 0.1) is 13.2 Å². The third-order valence-electron chi connectivity index (χ3n) is 2.37. The molecule has 0 radical (unpaired) electrons. The Labute approximate surface area is 107 Å². The Morgan fingerprint density at radius 2 is 2.28 bits per heavy atom. The molecule has 5 nitrogen and oxygen atoms in total. The number of rotatable bonds is 8. The van der Waals surface area contributed by atoms with Crippen LogP contribution in [0.4, 0.5) is 0 Å². The number of carboxylic acid groups (broad SMARTS) is 1. The zero-order valence-electron chi connectivity index (χ0n) is 11.2. The predicted molar refractivity (Wildman–Crippen MR) is 67.8 cm³/mol. The van der Waals surface area contributed by atoms with Crippen molar-refractivity contribution >= 4 is 5.97 Å². The molecule has 0 aliphatic carbocycles. The molecule has 0 amide bonds. The van der Waals surface area contributed by atoms with Gasteiger partial charge in [0.1, 0.15) is 17.1 Å². The van der Waals surface area contributed by atoms with Gasteiger partial charge in [0.15, 0.2) is 0 Å². The fourth-order valence-corrected chi connectivity index (χ4v) is 1.52. The lowest BCUT2D eigenvalue weighted by molar-refractivity contribution is 0.0695. The summed E-state index contributed by atoms with van der Waals surface area (Å²) in [5, 5.41) is 12.0. The number of nitrogens with one attached hydrogen (secondary N) is 1. The molecule has 0 atom stereocenters. The molecular formula is C13H21NO4. The summed E-state index contributed by atoms with van der Waals surface area (Å²) in [6, 6.07) is 1.56. The molecule has 1 aromatic rings. The molecule has 0 spiro atoms. The fourth-order valence-electron chi connectivity index (χ4n) is 1.52. The minimum Gasteiger partial charge on any atom is -0.478 e. The van der Waals surface area contributed by atoms with Gasteiger partial charge in [0.25, 0.3) is 0 Å². The van der Waals surface area contributed by atoms with Crippen LogP contribution in [0.3, 0.4) is 0 Å². The molecule has 2 N–H and O–H groups in total. The van der Waals surface area contributed by atoms with Crippen molar-refractivity contribution in [3.05, 3.63) is 23.2 Å². The minimum atomic E-state index is -0.956. The molecule has 1 heterocycles. The van der Waals surface area contributed by atoms with E-state index in [0.717, 1.165) is 13.2 Å². The number of carbonyl (C=O) groups is 1. The molecule has 0 aromatic carbocycles. The van der Waals surface area contributed by atoms with E-state index in [0.29, 0.717) is 30.6 Å². The lowest BCUT2D eigenvalue weighted by Crippen LogP contribution is -2.20. The monoisotopic (exact) mass is 255 g/mol. The van der Waals surface area contributed by atoms with Crippen molar-refractivity contribution in [3.63, 3.8) is 0 Å². The highest BCUT2D eigenvalue weighted by Gasteiger charge is 2.12. The average molecular weight is 255 g/mol. The summed E-state index contributed by atoms with van der Waals surface area (Å²) < 4.78 is 10.7. The predicted octanol–water partition coefficient (Wildman–Crippen LogP) is 2.05. The molecule has 0 bridgehead atoms. The summed E-state index contributed by atoms with van der Waals surface area (Å²) in [6.07, 6.45) is 0. The van der Waals surface area contributed by atoms with Crippen LogP contribution in [0, 0.1) is 12.8 Å². The van der Waals surface area contributed by atoms with Crippen LogP contribution in [0.15, 0.2) is 10.5 Å². The smallest absolute Gasteiger partial charge is 0.339 e. The Kier molecular flexibility index (Phi) is 5.88. The van der Waals surface area contributed by atoms with E-state index >= 15 is 0 Å². The summed E-state index contributed by atoms with van der Waals surface area (Å²) in [5.41, 5.74) is 0.225. The van der Waals surface area contributed by atoms with Crippen LogP contribution in [0.5, 0.6) is 0 Å². The highest BCUT2D eigenvalue weighted by Crippen LogP contribution is 2.14. The first-order valence-corrected chi connectivity index (χ1v) is 6.11. The van der Waals surface area contributed by atoms with Crippen molar-refractivity contribution in [2.45, 2.75) is 27.3 Å². The van der Waals surface area contributed by atoms with E-state index in [9.17, 15) is 4.79 Å². The number of ether oxygens (including phenoxy) is 1. The molecule has 0 aliphatic rings. The molecule has 1 aromatic heterocycles. The Morgan fingerprint density at radius 1 is 1.56 bits per heavy atom. The Balaban J connectivity index is 2.23. The topological polar surface area (TPSA) is 71.7 Å². The van der Waals surface area contributed by atoms with Crippen LogP contribution in [0.1, 0.15) is 35.7 Å². The molecule has 102 valence electrons. The molecule has 18 heavy (non-hydrogen) atoms. The standard InChI is InChI=1S/C13H21NO4/c1-9(2)8-17-5-4-14-7-11-6-12(13(15)16)10(3)18-11/h6,9,14H,4-5,7-8H2,1-3H3,(H,15,16). The van der Waals surface area contributed by atoms with Crippen LogP contribution in [0.25, 0.3) is 0 Å². The van der Waals surface area contributed by atoms with Crippen LogP contribution >= 0.6 is 0 Å². The molecule has 0 saturated heterocycles. The summed E-state index contributed by atoms with van der Waals surface area (Å²) >= 11 is 0. The maximum absolute atomic E-state index is 10.8. The van der Waals surface area contributed by atoms with E-state index < -0.39 is 5.97 Å². The van der Waals surface area contributed by atoms with Crippen molar-refractivity contribution in [3.8, 4) is 0 Å². The van der Waals surface area contributed by atoms with Gasteiger partial charge in [-0.3, -0.25) is 0 Å². The van der Waals surface area contributed by atoms with Crippen LogP contribution < -0.4 is 5.32 Å². The number of aryl methyl sites for hydroxylation is 1. The Bertz CT molecular complexity index is 384. The summed E-state index contributed by atoms with van der Waals surface area (Å²) in [4.78, 5) is 10.8. The highest BCUT2D eigenvalue weighted by molar-refractivity contribution is 5.88. The van der Waals surface area contributed by atoms with Gasteiger partial charge in [-0.15, -0.1) is 0 Å². The quantitative estimate of drug-likeness (QED) is 0.696. The van der Waals surface area contributed by atoms with Crippen LogP contribution in [0.2, 0.25) is 0 Å². The van der Waals surface area contributed by atoms with Crippen molar-refractivity contribution < 1.29 is 19.1 Å². The van der Waals surface area contributed by atoms with Gasteiger partial charge in [0.2, 0.25) is 0 Å². The van der Waals surface area contributed by atoms with E-state index in [1.165, 1.54) is 0 Å². The maximum atomic E-state index is 10.8. The lowest BCUT2D eigenvalue weighted by Gasteiger charge is -2.06. The van der Waals surface area contributed by atoms with E-state index in [4.69, 9.17) is 14.3 Å². The second-order valence-electron chi connectivity index (χ2n) is 4.63. The largest absolute Gasteiger partial charge is 0.478 e. The number of furan rings is 1. The van der Waals surface area contributed by atoms with Crippen molar-refractivity contribution in [1.82, 2.24) is 5.32 Å². The first-order valence-electron chi connectivity index (χ1n) is 6.11. The first kappa shape index (κ1) is 14.7. The average Bonchev–Trinajstić information content (AvgIpc) is 2.64. The number of carboxylic acids is 1. The number of hydrogen-bond acceptors (Lipinski definition) is 4. The van der Waals surface area contributed by atoms with Gasteiger partial charge in [-0.2, -0.15) is 0 Å². The highest BCUT2D eigenvalue weighted by atomic mass is 16.5. The van der Waals surface area contributed by atoms with Gasteiger partial charge >= 0.3 is 5.97 Å². The molecule has 0 fully saturated rings. The summed E-state index contributed by atoms with van der Waals surface area (Å²) in [7, 11) is 0. The zero-order valence-corrected chi connectivity index (χ0v) is 11.2. The first-order chi connectivity index (χ1) is 8.50. The van der Waals surface area contributed by atoms with Gasteiger partial charge in [-0.25, -0.2) is 4.79 Å². The second kappa shape index (κ2) is 7.18. The van der Waals surface area contributed by atoms with Crippen LogP contribution in [-0.2, 0) is 11.3 Å². The molecular weight excluding hydrogens is 234 g/mol. The Morgan fingerprint density at radius 3 is 2.83 bits per heavy atom. The normalized spacial score (nSPS) is 11.1. The summed E-state index contributed by atoms with van der Waals surface area (Å²) in [6.45, 7) is 8.49. The minimum absolute atomic E-state index is 0.225. The molecule has 0 unspecified atom stereocenters. The Hall–Kier alpha value is -1.33. The van der Waals surface area contributed by atoms with Gasteiger partial charge in [0, 0.05) is 13.2 Å². The van der Waals surface area contributed by atoms with Gasteiger partial charge in [-0.1, -0.05) is 13.8 Å². The second-order valence-corrected chi connectivity index (χ2v) is 4.63. The molecule has 0 saturated carbocycles. The third kappa shape index (κ3) is 4.89. The zero-order chi connectivity index (χ0) is 13.5. The van der Waals surface area contributed by atoms with E-state index in [1.807, 2.05) is 0 Å². The van der Waals surface area contributed by atoms with Crippen molar-refractivity contribution in [1.29, 1.82) is 0 Å². The van der Waals surface area contributed by atoms with E-state index in [2.05, 4.69) is 19.2 Å². The molecule has 1 rings (SSSR count). The fraction of sp³-hybridized carbons (Fsp3) is 0.615. The van der Waals surface area contributed by atoms with Crippen molar-refractivity contribution in [2.24, 2.45) is 5.92 Å². The van der Waals surface area contributed by atoms with E-state index in [-0.39, 0.29) is 5.56 Å². The van der Waals surface area contributed by atoms with Gasteiger partial charge in [-0.05, 0) is 18.9 Å². The lowest BCUT2D eigenvalue weighted by atomic mass is 10.2. The summed E-state index contributed by atoms with van der Waals surface area (Å²) in [5.74, 6) is 0.655. The SMILES string of the molecule is Cc1oc(CNCCOCC(C)C)cc1C(=O)O. The maximum Gasteiger partial charge on any atom is 0.339 e. The number of hydrogen-bond donors (Lipinski definition) is 2. The van der Waals surface area contributed by atoms with Gasteiger partial charge < -0.3 is 19.6 Å². The van der Waals surface area contributed by atoms with Crippen LogP contribution in [-0.4, -0.2) is 30.8 Å². The molecule has 0 aliphatic heterocycles. The third-order valence-corrected chi connectivity index (χ3v) is 2.37. The van der Waals surface area contributed by atoms with Crippen molar-refractivity contribution in [2.75, 3.05) is 19.8 Å². The molecule has 5 heteroatoms. The number of aromatic carboxylic acids is 1. The van der Waals surface area contributed by atoms with E-state index in [1.54, 1.807) is 13.0 Å².